The third-order valence-corrected chi connectivity index (χ3v) is 15.1. The molecule has 0 bridgehead atoms. The zero-order valence-corrected chi connectivity index (χ0v) is 25.2. The molecule has 3 aromatic carbocycles. The summed E-state index contributed by atoms with van der Waals surface area (Å²) in [5.74, 6) is 0. The van der Waals surface area contributed by atoms with Crippen LogP contribution in [0.15, 0.2) is 80.7 Å². The summed E-state index contributed by atoms with van der Waals surface area (Å²) in [5.41, 5.74) is 3.58. The van der Waals surface area contributed by atoms with Gasteiger partial charge in [-0.05, 0) is 6.07 Å². The van der Waals surface area contributed by atoms with Crippen LogP contribution in [0.5, 0.6) is 0 Å². The molecule has 9 heteroatoms. The van der Waals surface area contributed by atoms with Crippen molar-refractivity contribution in [2.75, 3.05) is 43.4 Å². The third kappa shape index (κ3) is 5.79. The summed E-state index contributed by atoms with van der Waals surface area (Å²) in [7, 11) is -1.35. The van der Waals surface area contributed by atoms with Gasteiger partial charge < -0.3 is 5.32 Å². The Morgan fingerprint density at radius 2 is 1.72 bits per heavy atom. The summed E-state index contributed by atoms with van der Waals surface area (Å²) in [5, 5.41) is 5.85. The van der Waals surface area contributed by atoms with Crippen LogP contribution in [0.25, 0.3) is 10.8 Å². The number of nitrogens with zero attached hydrogens (tertiary/aromatic N) is 3. The SMILES string of the molecule is C=I1=CN=C([I-]S(=O)(=O)c2ccc(N3CCN(Cc4ccc(NC)c5ccccc45)CC3)cc2)C=C1. The Bertz CT molecular complexity index is 1520. The van der Waals surface area contributed by atoms with E-state index in [-0.39, 0.29) is 0 Å². The Kier molecular flexibility index (Phi) is 7.99. The van der Waals surface area contributed by atoms with Gasteiger partial charge in [-0.15, -0.1) is 0 Å². The summed E-state index contributed by atoms with van der Waals surface area (Å²) in [6, 6.07) is 20.4. The van der Waals surface area contributed by atoms with Crippen LogP contribution in [-0.4, -0.2) is 58.9 Å². The van der Waals surface area contributed by atoms with Gasteiger partial charge in [0.15, 0.2) is 0 Å². The van der Waals surface area contributed by atoms with Crippen LogP contribution in [0.4, 0.5) is 11.4 Å². The molecule has 0 amide bonds. The second kappa shape index (κ2) is 11.2. The first-order valence-electron chi connectivity index (χ1n) is 11.7. The molecule has 0 radical (unpaired) electrons. The molecule has 0 spiro atoms. The fourth-order valence-corrected chi connectivity index (χ4v) is 12.7. The predicted molar refractivity (Wildman–Crippen MR) is 158 cm³/mol. The molecule has 0 aliphatic carbocycles. The molecule has 0 atom stereocenters. The molecule has 2 aliphatic heterocycles. The van der Waals surface area contributed by atoms with E-state index in [0.29, 0.717) is 8.61 Å². The topological polar surface area (TPSA) is 65.0 Å². The van der Waals surface area contributed by atoms with E-state index in [4.69, 9.17) is 0 Å². The molecule has 36 heavy (non-hydrogen) atoms. The van der Waals surface area contributed by atoms with Crippen LogP contribution in [0.3, 0.4) is 0 Å². The number of allylic oxidation sites excluding steroid dienone is 1. The van der Waals surface area contributed by atoms with Gasteiger partial charge in [0, 0.05) is 18.1 Å². The average Bonchev–Trinajstić information content (AvgIpc) is 2.91. The van der Waals surface area contributed by atoms with Crippen molar-refractivity contribution in [3.8, 4) is 0 Å². The zero-order valence-electron chi connectivity index (χ0n) is 20.1. The molecule has 1 saturated heterocycles. The number of benzene rings is 3. The Hall–Kier alpha value is -1.96. The van der Waals surface area contributed by atoms with Gasteiger partial charge in [-0.2, -0.15) is 0 Å². The fourth-order valence-electron chi connectivity index (χ4n) is 4.45. The Morgan fingerprint density at radius 3 is 2.39 bits per heavy atom. The van der Waals surface area contributed by atoms with E-state index in [1.165, 1.54) is 16.3 Å². The van der Waals surface area contributed by atoms with Gasteiger partial charge in [0.05, 0.1) is 0 Å². The number of halogens is 2. The summed E-state index contributed by atoms with van der Waals surface area (Å²) >= 11 is -2.67. The van der Waals surface area contributed by atoms with E-state index < -0.39 is 45.7 Å². The van der Waals surface area contributed by atoms with Crippen molar-refractivity contribution in [3.63, 3.8) is 0 Å². The van der Waals surface area contributed by atoms with Crippen molar-refractivity contribution in [2.45, 2.75) is 11.4 Å². The summed E-state index contributed by atoms with van der Waals surface area (Å²) in [6.45, 7) is 4.69. The molecule has 3 aromatic rings. The number of aliphatic imine (C=N–C) groups is 1. The quantitative estimate of drug-likeness (QED) is 0.297. The Labute approximate surface area is 228 Å². The van der Waals surface area contributed by atoms with Gasteiger partial charge in [0.2, 0.25) is 0 Å². The molecular weight excluding hydrogens is 698 g/mol. The van der Waals surface area contributed by atoms with Gasteiger partial charge in [0.1, 0.15) is 0 Å². The van der Waals surface area contributed by atoms with Crippen molar-refractivity contribution in [2.24, 2.45) is 4.99 Å². The zero-order chi connectivity index (χ0) is 25.1. The Balaban J connectivity index is 1.22. The van der Waals surface area contributed by atoms with Crippen molar-refractivity contribution < 1.29 is 28.2 Å². The van der Waals surface area contributed by atoms with Gasteiger partial charge in [-0.25, -0.2) is 0 Å². The van der Waals surface area contributed by atoms with Gasteiger partial charge >= 0.3 is 176 Å². The van der Waals surface area contributed by atoms with Crippen LogP contribution in [-0.2, 0) is 13.6 Å². The van der Waals surface area contributed by atoms with Crippen LogP contribution >= 0.6 is 18.9 Å². The van der Waals surface area contributed by atoms with E-state index in [1.54, 1.807) is 12.1 Å². The first-order valence-corrected chi connectivity index (χ1v) is 20.8. The molecule has 6 nitrogen and oxygen atoms in total. The van der Waals surface area contributed by atoms with Gasteiger partial charge in [-0.1, -0.05) is 24.3 Å². The van der Waals surface area contributed by atoms with Crippen molar-refractivity contribution in [3.05, 3.63) is 76.4 Å². The minimum atomic E-state index is -3.32. The van der Waals surface area contributed by atoms with E-state index in [0.717, 1.165) is 44.1 Å². The molecular formula is C27H29I2N4O2S-. The summed E-state index contributed by atoms with van der Waals surface area (Å²) in [6.07, 6.45) is 1.87. The van der Waals surface area contributed by atoms with Gasteiger partial charge in [0.25, 0.3) is 0 Å². The molecule has 0 unspecified atom stereocenters. The number of anilines is 2. The van der Waals surface area contributed by atoms with E-state index in [9.17, 15) is 8.42 Å². The van der Waals surface area contributed by atoms with Crippen LogP contribution < -0.4 is 30.0 Å². The standard InChI is InChI=1S/C27H29I2N4O2S/c1-29-14-13-27(31-20-29)28-36(34,35)23-10-8-22(9-11-23)33-17-15-32(16-18-33)19-21-7-12-26(30-2)25-6-4-3-5-24(21)25/h3-14,20,30H,1,15-19H2,2H3/q-1. The Morgan fingerprint density at radius 1 is 1.00 bits per heavy atom. The first kappa shape index (κ1) is 25.7. The minimum absolute atomic E-state index is 0.390. The van der Waals surface area contributed by atoms with Crippen LogP contribution in [0, 0.1) is 0 Å². The van der Waals surface area contributed by atoms with Crippen molar-refractivity contribution >= 4 is 60.4 Å². The number of fused-ring (bicyclic) bond motifs is 1. The monoisotopic (exact) mass is 727 g/mol. The van der Waals surface area contributed by atoms with Crippen LogP contribution in [0.2, 0.25) is 0 Å². The number of hydrogen-bond acceptors (Lipinski definition) is 6. The molecule has 0 saturated carbocycles. The second-order valence-corrected chi connectivity index (χ2v) is 19.8. The molecule has 0 aromatic heterocycles. The number of hydrogen-bond donors (Lipinski definition) is 1. The van der Waals surface area contributed by atoms with E-state index in [2.05, 4.69) is 61.0 Å². The third-order valence-electron chi connectivity index (χ3n) is 6.37. The molecule has 5 rings (SSSR count). The second-order valence-electron chi connectivity index (χ2n) is 8.62. The normalized spacial score (nSPS) is 17.2. The number of rotatable bonds is 7. The van der Waals surface area contributed by atoms with Gasteiger partial charge in [-0.3, -0.25) is 0 Å². The predicted octanol–water partition coefficient (Wildman–Crippen LogP) is 1.61. The maximum absolute atomic E-state index is 12.9. The first-order chi connectivity index (χ1) is 17.4. The molecule has 2 aliphatic rings. The van der Waals surface area contributed by atoms with Crippen LogP contribution in [0.1, 0.15) is 5.56 Å². The van der Waals surface area contributed by atoms with Crippen molar-refractivity contribution in [1.29, 1.82) is 0 Å². The summed E-state index contributed by atoms with van der Waals surface area (Å²) < 4.78 is 34.5. The average molecular weight is 727 g/mol. The van der Waals surface area contributed by atoms with Crippen molar-refractivity contribution in [1.82, 2.24) is 4.90 Å². The maximum atomic E-state index is 12.9. The van der Waals surface area contributed by atoms with E-state index >= 15 is 0 Å². The molecule has 1 N–H and O–H groups in total. The molecule has 2 heterocycles. The number of piperazine rings is 1. The number of nitrogens with one attached hydrogen (secondary N) is 1. The molecule has 1 fully saturated rings. The fraction of sp³-hybridized carbons (Fsp3) is 0.222. The summed E-state index contributed by atoms with van der Waals surface area (Å²) in [4.78, 5) is 9.57. The van der Waals surface area contributed by atoms with E-state index in [1.807, 2.05) is 33.5 Å². The molecule has 190 valence electrons.